The zero-order valence-corrected chi connectivity index (χ0v) is 16.8. The molecule has 2 aromatic carbocycles. The van der Waals surface area contributed by atoms with Gasteiger partial charge < -0.3 is 28.5 Å². The summed E-state index contributed by atoms with van der Waals surface area (Å²) in [6.07, 6.45) is 2.75. The lowest BCUT2D eigenvalue weighted by molar-refractivity contribution is -0.134. The van der Waals surface area contributed by atoms with E-state index in [0.717, 1.165) is 0 Å². The maximum Gasteiger partial charge on any atom is 0.342 e. The first-order valence-electron chi connectivity index (χ1n) is 8.79. The van der Waals surface area contributed by atoms with Gasteiger partial charge in [-0.25, -0.2) is 9.59 Å². The van der Waals surface area contributed by atoms with Crippen LogP contribution in [0.4, 0.5) is 0 Å². The minimum absolute atomic E-state index is 0.00299. The van der Waals surface area contributed by atoms with Crippen LogP contribution in [0, 0.1) is 0 Å². The number of ether oxygens (including phenoxy) is 4. The molecule has 3 aromatic rings. The Morgan fingerprint density at radius 3 is 2.33 bits per heavy atom. The molecule has 0 saturated carbocycles. The lowest BCUT2D eigenvalue weighted by atomic mass is 10.0. The van der Waals surface area contributed by atoms with E-state index < -0.39 is 11.9 Å². The number of benzene rings is 2. The average molecular weight is 412 g/mol. The van der Waals surface area contributed by atoms with Crippen LogP contribution in [-0.2, 0) is 14.3 Å². The minimum Gasteiger partial charge on any atom is -0.508 e. The molecular weight excluding hydrogens is 392 g/mol. The molecular formula is C22H20O8. The second-order valence-electron chi connectivity index (χ2n) is 6.13. The Balaban J connectivity index is 2.31. The molecule has 1 heterocycles. The number of methoxy groups -OCH3 is 4. The molecule has 0 radical (unpaired) electrons. The number of esters is 2. The van der Waals surface area contributed by atoms with E-state index in [-0.39, 0.29) is 17.1 Å². The van der Waals surface area contributed by atoms with Crippen LogP contribution >= 0.6 is 0 Å². The summed E-state index contributed by atoms with van der Waals surface area (Å²) in [5, 5.41) is 10.2. The number of aromatic hydroxyl groups is 1. The Hall–Kier alpha value is -3.94. The van der Waals surface area contributed by atoms with E-state index in [1.54, 1.807) is 18.2 Å². The number of hydrogen-bond donors (Lipinski definition) is 1. The fraction of sp³-hybridized carbons (Fsp3) is 0.182. The van der Waals surface area contributed by atoms with Crippen molar-refractivity contribution >= 4 is 29.0 Å². The fourth-order valence-electron chi connectivity index (χ4n) is 3.04. The smallest absolute Gasteiger partial charge is 0.342 e. The summed E-state index contributed by atoms with van der Waals surface area (Å²) < 4.78 is 26.3. The number of phenols is 1. The fourth-order valence-corrected chi connectivity index (χ4v) is 3.04. The molecule has 0 bridgehead atoms. The van der Waals surface area contributed by atoms with Crippen molar-refractivity contribution in [1.29, 1.82) is 0 Å². The molecule has 0 fully saturated rings. The van der Waals surface area contributed by atoms with Crippen LogP contribution in [0.2, 0.25) is 0 Å². The van der Waals surface area contributed by atoms with Gasteiger partial charge in [0.2, 0.25) is 0 Å². The van der Waals surface area contributed by atoms with Gasteiger partial charge in [0.25, 0.3) is 0 Å². The normalized spacial score (nSPS) is 10.9. The third-order valence-electron chi connectivity index (χ3n) is 4.46. The maximum absolute atomic E-state index is 12.6. The largest absolute Gasteiger partial charge is 0.508 e. The zero-order chi connectivity index (χ0) is 21.8. The first-order valence-corrected chi connectivity index (χ1v) is 8.79. The van der Waals surface area contributed by atoms with Gasteiger partial charge >= 0.3 is 11.9 Å². The molecule has 1 N–H and O–H groups in total. The Kier molecular flexibility index (Phi) is 5.96. The zero-order valence-electron chi connectivity index (χ0n) is 16.8. The Labute approximate surface area is 172 Å². The first-order chi connectivity index (χ1) is 14.4. The highest BCUT2D eigenvalue weighted by molar-refractivity contribution is 6.10. The summed E-state index contributed by atoms with van der Waals surface area (Å²) in [5.74, 6) is -0.193. The van der Waals surface area contributed by atoms with Gasteiger partial charge in [0.1, 0.15) is 28.4 Å². The predicted octanol–water partition coefficient (Wildman–Crippen LogP) is 3.80. The van der Waals surface area contributed by atoms with Gasteiger partial charge in [-0.15, -0.1) is 0 Å². The van der Waals surface area contributed by atoms with Crippen molar-refractivity contribution < 1.29 is 38.1 Å². The van der Waals surface area contributed by atoms with Gasteiger partial charge in [0.15, 0.2) is 5.76 Å². The molecule has 30 heavy (non-hydrogen) atoms. The van der Waals surface area contributed by atoms with E-state index in [0.29, 0.717) is 33.6 Å². The molecule has 0 unspecified atom stereocenters. The second-order valence-corrected chi connectivity index (χ2v) is 6.13. The first kappa shape index (κ1) is 20.8. The SMILES string of the molecule is COC(=O)/C=C/c1cc2c(C(=O)OC)c(-c3ccc(O)cc3OC)oc2cc1OC. The van der Waals surface area contributed by atoms with Gasteiger partial charge in [0.05, 0.1) is 34.0 Å². The molecule has 0 aliphatic rings. The van der Waals surface area contributed by atoms with Crippen molar-refractivity contribution in [2.75, 3.05) is 28.4 Å². The summed E-state index contributed by atoms with van der Waals surface area (Å²) in [7, 11) is 5.46. The molecule has 3 rings (SSSR count). The van der Waals surface area contributed by atoms with Crippen LogP contribution in [-0.4, -0.2) is 45.5 Å². The van der Waals surface area contributed by atoms with Crippen molar-refractivity contribution in [2.24, 2.45) is 0 Å². The molecule has 1 aromatic heterocycles. The van der Waals surface area contributed by atoms with Crippen molar-refractivity contribution in [1.82, 2.24) is 0 Å². The molecule has 0 saturated heterocycles. The molecule has 8 nitrogen and oxygen atoms in total. The molecule has 0 spiro atoms. The van der Waals surface area contributed by atoms with Gasteiger partial charge in [-0.05, 0) is 24.3 Å². The number of carbonyl (C=O) groups is 2. The van der Waals surface area contributed by atoms with Crippen molar-refractivity contribution in [3.63, 3.8) is 0 Å². The highest BCUT2D eigenvalue weighted by Gasteiger charge is 2.26. The third kappa shape index (κ3) is 3.80. The van der Waals surface area contributed by atoms with Crippen LogP contribution < -0.4 is 9.47 Å². The van der Waals surface area contributed by atoms with Crippen molar-refractivity contribution in [3.05, 3.63) is 47.5 Å². The summed E-state index contributed by atoms with van der Waals surface area (Å²) in [4.78, 5) is 24.1. The van der Waals surface area contributed by atoms with Gasteiger partial charge in [-0.1, -0.05) is 0 Å². The maximum atomic E-state index is 12.6. The number of carbonyl (C=O) groups excluding carboxylic acids is 2. The van der Waals surface area contributed by atoms with Crippen LogP contribution in [0.15, 0.2) is 40.8 Å². The molecule has 0 aliphatic carbocycles. The minimum atomic E-state index is -0.619. The van der Waals surface area contributed by atoms with Gasteiger partial charge in [0, 0.05) is 29.2 Å². The lowest BCUT2D eigenvalue weighted by Gasteiger charge is -2.08. The van der Waals surface area contributed by atoms with Crippen LogP contribution in [0.1, 0.15) is 15.9 Å². The number of phenolic OH excluding ortho intramolecular Hbond substituents is 1. The molecule has 0 atom stereocenters. The quantitative estimate of drug-likeness (QED) is 0.482. The summed E-state index contributed by atoms with van der Waals surface area (Å²) >= 11 is 0. The molecule has 0 amide bonds. The second kappa shape index (κ2) is 8.60. The van der Waals surface area contributed by atoms with Gasteiger partial charge in [-0.2, -0.15) is 0 Å². The summed E-state index contributed by atoms with van der Waals surface area (Å²) in [5.41, 5.74) is 1.53. The number of rotatable bonds is 6. The molecule has 8 heteroatoms. The molecule has 0 aliphatic heterocycles. The number of furan rings is 1. The van der Waals surface area contributed by atoms with Crippen molar-refractivity contribution in [2.45, 2.75) is 0 Å². The third-order valence-corrected chi connectivity index (χ3v) is 4.46. The van der Waals surface area contributed by atoms with Crippen LogP contribution in [0.3, 0.4) is 0 Å². The molecule has 156 valence electrons. The van der Waals surface area contributed by atoms with Crippen molar-refractivity contribution in [3.8, 4) is 28.6 Å². The van der Waals surface area contributed by atoms with E-state index in [4.69, 9.17) is 18.6 Å². The predicted molar refractivity (Wildman–Crippen MR) is 109 cm³/mol. The topological polar surface area (TPSA) is 104 Å². The van der Waals surface area contributed by atoms with E-state index in [1.165, 1.54) is 52.7 Å². The van der Waals surface area contributed by atoms with E-state index in [2.05, 4.69) is 4.74 Å². The lowest BCUT2D eigenvalue weighted by Crippen LogP contribution is -2.02. The van der Waals surface area contributed by atoms with Crippen LogP contribution in [0.5, 0.6) is 17.2 Å². The monoisotopic (exact) mass is 412 g/mol. The number of fused-ring (bicyclic) bond motifs is 1. The summed E-state index contributed by atoms with van der Waals surface area (Å²) in [6, 6.07) is 7.70. The number of hydrogen-bond acceptors (Lipinski definition) is 8. The highest BCUT2D eigenvalue weighted by atomic mass is 16.5. The Morgan fingerprint density at radius 1 is 0.967 bits per heavy atom. The highest BCUT2D eigenvalue weighted by Crippen LogP contribution is 2.41. The van der Waals surface area contributed by atoms with E-state index in [1.807, 2.05) is 0 Å². The van der Waals surface area contributed by atoms with E-state index in [9.17, 15) is 14.7 Å². The standard InChI is InChI=1S/C22H20O8/c1-26-16-11-18-15(9-12(16)5-8-19(24)28-3)20(22(25)29-4)21(30-18)14-7-6-13(23)10-17(14)27-2/h5-11,23H,1-4H3/b8-5+. The van der Waals surface area contributed by atoms with E-state index >= 15 is 0 Å². The van der Waals surface area contributed by atoms with Crippen LogP contribution in [0.25, 0.3) is 28.4 Å². The Morgan fingerprint density at radius 2 is 1.70 bits per heavy atom. The summed E-state index contributed by atoms with van der Waals surface area (Å²) in [6.45, 7) is 0. The average Bonchev–Trinajstić information content (AvgIpc) is 3.13. The van der Waals surface area contributed by atoms with Gasteiger partial charge in [-0.3, -0.25) is 0 Å². The Bertz CT molecular complexity index is 1140.